The van der Waals surface area contributed by atoms with Gasteiger partial charge in [0.1, 0.15) is 0 Å². The first-order valence-corrected chi connectivity index (χ1v) is 8.06. The topological polar surface area (TPSA) is 45.2 Å². The van der Waals surface area contributed by atoms with Gasteiger partial charge in [-0.15, -0.1) is 0 Å². The number of piperidine rings is 1. The minimum atomic E-state index is 0.145. The standard InChI is InChI=1S/C17H27N3O/c1-14-11-15(2)18-12-16(14)13-19-17(21)7-6-10-20-8-4-3-5-9-20/h11-12H,3-10,13H2,1-2H3,(H,19,21). The first-order valence-electron chi connectivity index (χ1n) is 8.06. The molecule has 0 unspecified atom stereocenters. The average Bonchev–Trinajstić information content (AvgIpc) is 2.47. The number of rotatable bonds is 6. The summed E-state index contributed by atoms with van der Waals surface area (Å²) in [5.74, 6) is 0.145. The van der Waals surface area contributed by atoms with E-state index < -0.39 is 0 Å². The highest BCUT2D eigenvalue weighted by atomic mass is 16.1. The van der Waals surface area contributed by atoms with Gasteiger partial charge in [0.25, 0.3) is 0 Å². The van der Waals surface area contributed by atoms with Crippen LogP contribution in [-0.4, -0.2) is 35.4 Å². The molecule has 4 heteroatoms. The fraction of sp³-hybridized carbons (Fsp3) is 0.647. The van der Waals surface area contributed by atoms with E-state index in [1.807, 2.05) is 13.1 Å². The lowest BCUT2D eigenvalue weighted by molar-refractivity contribution is -0.121. The van der Waals surface area contributed by atoms with Gasteiger partial charge < -0.3 is 10.2 Å². The van der Waals surface area contributed by atoms with Crippen LogP contribution >= 0.6 is 0 Å². The van der Waals surface area contributed by atoms with Crippen molar-refractivity contribution >= 4 is 5.91 Å². The number of carbonyl (C=O) groups is 1. The second-order valence-electron chi connectivity index (χ2n) is 6.03. The number of nitrogens with one attached hydrogen (secondary N) is 1. The van der Waals surface area contributed by atoms with Gasteiger partial charge in [-0.2, -0.15) is 0 Å². The quantitative estimate of drug-likeness (QED) is 0.875. The molecule has 1 N–H and O–H groups in total. The molecule has 2 rings (SSSR count). The molecule has 0 aromatic carbocycles. The zero-order chi connectivity index (χ0) is 15.1. The molecule has 0 saturated carbocycles. The van der Waals surface area contributed by atoms with Gasteiger partial charge in [-0.3, -0.25) is 9.78 Å². The Morgan fingerprint density at radius 2 is 2.05 bits per heavy atom. The van der Waals surface area contributed by atoms with Gasteiger partial charge in [0.2, 0.25) is 5.91 Å². The number of aromatic nitrogens is 1. The summed E-state index contributed by atoms with van der Waals surface area (Å²) in [6, 6.07) is 2.05. The van der Waals surface area contributed by atoms with Crippen molar-refractivity contribution in [1.82, 2.24) is 15.2 Å². The summed E-state index contributed by atoms with van der Waals surface area (Å²) in [5, 5.41) is 3.00. The number of pyridine rings is 1. The number of hydrogen-bond acceptors (Lipinski definition) is 3. The molecule has 0 aliphatic carbocycles. The normalized spacial score (nSPS) is 15.9. The van der Waals surface area contributed by atoms with Crippen molar-refractivity contribution in [3.05, 3.63) is 29.1 Å². The van der Waals surface area contributed by atoms with Gasteiger partial charge in [-0.25, -0.2) is 0 Å². The third-order valence-electron chi connectivity index (χ3n) is 4.16. The summed E-state index contributed by atoms with van der Waals surface area (Å²) in [4.78, 5) is 18.6. The molecule has 1 aliphatic rings. The second-order valence-corrected chi connectivity index (χ2v) is 6.03. The van der Waals surface area contributed by atoms with Crippen LogP contribution in [0.5, 0.6) is 0 Å². The zero-order valence-corrected chi connectivity index (χ0v) is 13.3. The van der Waals surface area contributed by atoms with Crippen molar-refractivity contribution in [3.8, 4) is 0 Å². The lowest BCUT2D eigenvalue weighted by Crippen LogP contribution is -2.31. The van der Waals surface area contributed by atoms with E-state index in [2.05, 4.69) is 28.2 Å². The zero-order valence-electron chi connectivity index (χ0n) is 13.3. The van der Waals surface area contributed by atoms with Crippen molar-refractivity contribution in [2.45, 2.75) is 52.5 Å². The first kappa shape index (κ1) is 16.0. The molecule has 21 heavy (non-hydrogen) atoms. The molecule has 4 nitrogen and oxygen atoms in total. The third kappa shape index (κ3) is 5.46. The molecule has 0 bridgehead atoms. The van der Waals surface area contributed by atoms with Crippen molar-refractivity contribution in [3.63, 3.8) is 0 Å². The summed E-state index contributed by atoms with van der Waals surface area (Å²) in [5.41, 5.74) is 3.31. The van der Waals surface area contributed by atoms with Gasteiger partial charge in [0.15, 0.2) is 0 Å². The van der Waals surface area contributed by atoms with Crippen molar-refractivity contribution in [2.75, 3.05) is 19.6 Å². The van der Waals surface area contributed by atoms with E-state index in [1.165, 1.54) is 37.9 Å². The van der Waals surface area contributed by atoms with Crippen LogP contribution in [0.3, 0.4) is 0 Å². The van der Waals surface area contributed by atoms with Crippen molar-refractivity contribution in [1.29, 1.82) is 0 Å². The summed E-state index contributed by atoms with van der Waals surface area (Å²) >= 11 is 0. The number of nitrogens with zero attached hydrogens (tertiary/aromatic N) is 2. The number of hydrogen-bond donors (Lipinski definition) is 1. The molecule has 1 aromatic heterocycles. The Kier molecular flexibility index (Phi) is 6.18. The molecule has 0 radical (unpaired) electrons. The Hall–Kier alpha value is -1.42. The Balaban J connectivity index is 1.65. The van der Waals surface area contributed by atoms with Crippen LogP contribution in [0.1, 0.15) is 48.9 Å². The Bertz CT molecular complexity index is 467. The molecule has 1 saturated heterocycles. The largest absolute Gasteiger partial charge is 0.352 e. The highest BCUT2D eigenvalue weighted by molar-refractivity contribution is 5.75. The Morgan fingerprint density at radius 3 is 2.76 bits per heavy atom. The van der Waals surface area contributed by atoms with Crippen molar-refractivity contribution < 1.29 is 4.79 Å². The first-order chi connectivity index (χ1) is 10.1. The predicted octanol–water partition coefficient (Wildman–Crippen LogP) is 2.58. The monoisotopic (exact) mass is 289 g/mol. The summed E-state index contributed by atoms with van der Waals surface area (Å²) in [7, 11) is 0. The van der Waals surface area contributed by atoms with E-state index in [0.29, 0.717) is 13.0 Å². The van der Waals surface area contributed by atoms with Gasteiger partial charge in [0, 0.05) is 24.9 Å². The van der Waals surface area contributed by atoms with Crippen LogP contribution in [0, 0.1) is 13.8 Å². The maximum Gasteiger partial charge on any atom is 0.220 e. The molecule has 0 spiro atoms. The summed E-state index contributed by atoms with van der Waals surface area (Å²) in [6.45, 7) is 8.09. The number of aryl methyl sites for hydroxylation is 2. The van der Waals surface area contributed by atoms with Gasteiger partial charge >= 0.3 is 0 Å². The van der Waals surface area contributed by atoms with Gasteiger partial charge in [-0.1, -0.05) is 6.42 Å². The smallest absolute Gasteiger partial charge is 0.220 e. The van der Waals surface area contributed by atoms with E-state index in [9.17, 15) is 4.79 Å². The lowest BCUT2D eigenvalue weighted by atomic mass is 10.1. The molecule has 116 valence electrons. The summed E-state index contributed by atoms with van der Waals surface area (Å²) in [6.07, 6.45) is 7.42. The van der Waals surface area contributed by atoms with E-state index in [4.69, 9.17) is 0 Å². The fourth-order valence-electron chi connectivity index (χ4n) is 2.84. The highest BCUT2D eigenvalue weighted by Gasteiger charge is 2.10. The van der Waals surface area contributed by atoms with Gasteiger partial charge in [0.05, 0.1) is 0 Å². The molecule has 1 aliphatic heterocycles. The number of amides is 1. The van der Waals surface area contributed by atoms with Crippen molar-refractivity contribution in [2.24, 2.45) is 0 Å². The average molecular weight is 289 g/mol. The lowest BCUT2D eigenvalue weighted by Gasteiger charge is -2.26. The molecule has 0 atom stereocenters. The van der Waals surface area contributed by atoms with Crippen LogP contribution in [0.25, 0.3) is 0 Å². The third-order valence-corrected chi connectivity index (χ3v) is 4.16. The second kappa shape index (κ2) is 8.13. The van der Waals surface area contributed by atoms with E-state index in [-0.39, 0.29) is 5.91 Å². The minimum absolute atomic E-state index is 0.145. The van der Waals surface area contributed by atoms with Gasteiger partial charge in [-0.05, 0) is 69.9 Å². The molecular weight excluding hydrogens is 262 g/mol. The van der Waals surface area contributed by atoms with Crippen LogP contribution in [0.15, 0.2) is 12.3 Å². The van der Waals surface area contributed by atoms with Crippen LogP contribution in [0.4, 0.5) is 0 Å². The van der Waals surface area contributed by atoms with Crippen LogP contribution in [-0.2, 0) is 11.3 Å². The maximum atomic E-state index is 11.9. The van der Waals surface area contributed by atoms with E-state index in [0.717, 1.165) is 24.2 Å². The number of likely N-dealkylation sites (tertiary alicyclic amines) is 1. The molecular formula is C17H27N3O. The van der Waals surface area contributed by atoms with Crippen LogP contribution in [0.2, 0.25) is 0 Å². The Morgan fingerprint density at radius 1 is 1.29 bits per heavy atom. The predicted molar refractivity (Wildman–Crippen MR) is 85.1 cm³/mol. The molecule has 1 amide bonds. The molecule has 1 fully saturated rings. The fourth-order valence-corrected chi connectivity index (χ4v) is 2.84. The van der Waals surface area contributed by atoms with E-state index in [1.54, 1.807) is 0 Å². The highest BCUT2D eigenvalue weighted by Crippen LogP contribution is 2.10. The van der Waals surface area contributed by atoms with Crippen LogP contribution < -0.4 is 5.32 Å². The maximum absolute atomic E-state index is 11.9. The molecule has 1 aromatic rings. The van der Waals surface area contributed by atoms with E-state index >= 15 is 0 Å². The Labute approximate surface area is 127 Å². The molecule has 2 heterocycles. The minimum Gasteiger partial charge on any atom is -0.352 e. The SMILES string of the molecule is Cc1cc(C)c(CNC(=O)CCCN2CCCCC2)cn1. The number of carbonyl (C=O) groups excluding carboxylic acids is 1. The summed E-state index contributed by atoms with van der Waals surface area (Å²) < 4.78 is 0.